The second-order valence-corrected chi connectivity index (χ2v) is 20.4. The molecule has 57 heavy (non-hydrogen) atoms. The molecule has 15 nitrogen and oxygen atoms in total. The van der Waals surface area contributed by atoms with Crippen molar-refractivity contribution < 1.29 is 74.2 Å². The van der Waals surface area contributed by atoms with Crippen LogP contribution in [0.1, 0.15) is 106 Å². The summed E-state index contributed by atoms with van der Waals surface area (Å²) in [4.78, 5) is 39.6. The summed E-state index contributed by atoms with van der Waals surface area (Å²) in [5.41, 5.74) is -1.68. The molecule has 0 spiro atoms. The fourth-order valence-electron chi connectivity index (χ4n) is 13.4. The van der Waals surface area contributed by atoms with Gasteiger partial charge in [-0.05, 0) is 104 Å². The highest BCUT2D eigenvalue weighted by atomic mass is 16.7. The van der Waals surface area contributed by atoms with E-state index in [0.717, 1.165) is 32.0 Å². The number of carbonyl (C=O) groups is 3. The minimum Gasteiger partial charge on any atom is -0.479 e. The molecule has 2 saturated heterocycles. The van der Waals surface area contributed by atoms with Gasteiger partial charge in [-0.3, -0.25) is 4.79 Å². The fraction of sp³-hybridized carbons (Fsp3) is 0.881. The zero-order chi connectivity index (χ0) is 41.8. The molecule has 7 aliphatic rings. The summed E-state index contributed by atoms with van der Waals surface area (Å²) in [6, 6.07) is 0. The molecule has 15 heteroatoms. The van der Waals surface area contributed by atoms with Gasteiger partial charge in [0, 0.05) is 0 Å². The maximum absolute atomic E-state index is 14.6. The second-order valence-electron chi connectivity index (χ2n) is 20.4. The quantitative estimate of drug-likeness (QED) is 0.0788. The van der Waals surface area contributed by atoms with Gasteiger partial charge in [-0.1, -0.05) is 53.2 Å². The van der Waals surface area contributed by atoms with Crippen molar-refractivity contribution in [3.8, 4) is 0 Å². The summed E-state index contributed by atoms with van der Waals surface area (Å²) < 4.78 is 23.3. The van der Waals surface area contributed by atoms with E-state index in [2.05, 4.69) is 40.7 Å². The van der Waals surface area contributed by atoms with Crippen molar-refractivity contribution in [2.24, 2.45) is 50.2 Å². The topological polar surface area (TPSA) is 250 Å². The number of hydrogen-bond donors (Lipinski definition) is 8. The Balaban J connectivity index is 1.17. The van der Waals surface area contributed by atoms with Crippen LogP contribution in [0.3, 0.4) is 0 Å². The first-order valence-corrected chi connectivity index (χ1v) is 20.8. The van der Waals surface area contributed by atoms with Gasteiger partial charge in [0.05, 0.1) is 23.5 Å². The lowest BCUT2D eigenvalue weighted by Gasteiger charge is -2.71. The highest BCUT2D eigenvalue weighted by Gasteiger charge is 2.70. The Morgan fingerprint density at radius 1 is 0.789 bits per heavy atom. The first-order valence-electron chi connectivity index (χ1n) is 20.8. The van der Waals surface area contributed by atoms with Gasteiger partial charge in [0.15, 0.2) is 12.4 Å². The number of fused-ring (bicyclic) bond motifs is 7. The summed E-state index contributed by atoms with van der Waals surface area (Å²) in [5, 5.41) is 82.4. The first-order chi connectivity index (χ1) is 26.5. The van der Waals surface area contributed by atoms with Crippen LogP contribution in [-0.2, 0) is 33.3 Å². The number of aliphatic carboxylic acids is 1. The fourth-order valence-corrected chi connectivity index (χ4v) is 13.4. The van der Waals surface area contributed by atoms with E-state index in [-0.39, 0.29) is 39.4 Å². The van der Waals surface area contributed by atoms with Gasteiger partial charge in [0.1, 0.15) is 49.0 Å². The molecular weight excluding hydrogens is 744 g/mol. The van der Waals surface area contributed by atoms with E-state index < -0.39 is 96.9 Å². The third-order valence-electron chi connectivity index (χ3n) is 17.1. The van der Waals surface area contributed by atoms with Gasteiger partial charge in [-0.2, -0.15) is 0 Å². The standard InChI is InChI=1S/C42H64O15/c1-37(2)13-15-42(36(53)57-34-30(49)27(46)26(45)22(18-43)54-34)16-14-40(5)20(21(42)17-37)7-8-24-38(3)11-10-25(39(4,19-44)23(38)9-12-41(24,40)6)55-35-31(50)28(47)29(48)32(56-35)33(51)52/h7,19,21-32,34-35,43,45-50H,8-18H2,1-6H3,(H,51,52)/t21?,22-,23?,24?,25+,26-,27+,28+,29+,30-,31-,32+,34+,35-,38+,39?,40-,41-,42+/m1/s1. The number of allylic oxidation sites excluding steroid dienone is 2. The van der Waals surface area contributed by atoms with E-state index in [1.165, 1.54) is 5.57 Å². The second kappa shape index (κ2) is 14.6. The van der Waals surface area contributed by atoms with E-state index in [1.54, 1.807) is 0 Å². The average Bonchev–Trinajstić information content (AvgIpc) is 3.16. The largest absolute Gasteiger partial charge is 0.479 e. The summed E-state index contributed by atoms with van der Waals surface area (Å²) in [5.74, 6) is -2.19. The molecule has 19 atom stereocenters. The minimum absolute atomic E-state index is 0.0730. The van der Waals surface area contributed by atoms with E-state index in [0.29, 0.717) is 38.5 Å². The minimum atomic E-state index is -1.86. The zero-order valence-corrected chi connectivity index (χ0v) is 34.0. The van der Waals surface area contributed by atoms with E-state index in [9.17, 15) is 55.2 Å². The van der Waals surface area contributed by atoms with Crippen molar-refractivity contribution in [3.63, 3.8) is 0 Å². The van der Waals surface area contributed by atoms with Crippen molar-refractivity contribution in [2.45, 2.75) is 173 Å². The lowest BCUT2D eigenvalue weighted by molar-refractivity contribution is -0.321. The smallest absolute Gasteiger partial charge is 0.335 e. The molecule has 0 bridgehead atoms. The first kappa shape index (κ1) is 43.1. The van der Waals surface area contributed by atoms with Crippen molar-refractivity contribution in [3.05, 3.63) is 11.6 Å². The van der Waals surface area contributed by atoms with Crippen LogP contribution in [-0.4, -0.2) is 133 Å². The number of rotatable bonds is 7. The maximum atomic E-state index is 14.6. The van der Waals surface area contributed by atoms with Crippen molar-refractivity contribution in [1.29, 1.82) is 0 Å². The molecule has 0 aromatic rings. The lowest BCUT2D eigenvalue weighted by atomic mass is 9.33. The molecule has 8 N–H and O–H groups in total. The van der Waals surface area contributed by atoms with Crippen molar-refractivity contribution in [2.75, 3.05) is 6.61 Å². The van der Waals surface area contributed by atoms with Crippen molar-refractivity contribution in [1.82, 2.24) is 0 Å². The zero-order valence-electron chi connectivity index (χ0n) is 34.0. The summed E-state index contributed by atoms with van der Waals surface area (Å²) in [6.45, 7) is 12.6. The molecule has 2 aliphatic heterocycles. The maximum Gasteiger partial charge on any atom is 0.335 e. The molecule has 4 saturated carbocycles. The monoisotopic (exact) mass is 808 g/mol. The number of esters is 1. The third kappa shape index (κ3) is 6.31. The Hall–Kier alpha value is -2.05. The number of carboxylic acid groups (broad SMARTS) is 1. The van der Waals surface area contributed by atoms with Gasteiger partial charge >= 0.3 is 11.9 Å². The molecule has 322 valence electrons. The molecule has 0 aromatic heterocycles. The molecule has 7 rings (SSSR count). The van der Waals surface area contributed by atoms with E-state index in [1.807, 2.05) is 6.92 Å². The van der Waals surface area contributed by atoms with Gasteiger partial charge in [0.25, 0.3) is 0 Å². The number of aliphatic hydroxyl groups is 7. The van der Waals surface area contributed by atoms with Gasteiger partial charge in [-0.15, -0.1) is 0 Å². The predicted molar refractivity (Wildman–Crippen MR) is 198 cm³/mol. The molecule has 4 unspecified atom stereocenters. The molecule has 0 amide bonds. The van der Waals surface area contributed by atoms with Crippen LogP contribution in [0.25, 0.3) is 0 Å². The van der Waals surface area contributed by atoms with Gasteiger partial charge in [0.2, 0.25) is 6.29 Å². The third-order valence-corrected chi connectivity index (χ3v) is 17.1. The number of hydrogen-bond acceptors (Lipinski definition) is 14. The SMILES string of the molecule is CC1(C)CC[C@]2(C(=O)O[C@@H]3O[C@H](CO)[C@@H](O)[C@H](O)[C@H]3O)CC[C@]3(C)C(=CCC4[C@@]5(C)CC[C@H](O[C@@H]6O[C@H](C(=O)O)[C@@H](O)[C@H](O)[C@H]6O)C(C)(C=O)C5CC[C@]43C)C2C1. The number of carbonyl (C=O) groups excluding carboxylic acids is 2. The summed E-state index contributed by atoms with van der Waals surface area (Å²) >= 11 is 0. The Bertz CT molecular complexity index is 1620. The highest BCUT2D eigenvalue weighted by Crippen LogP contribution is 2.76. The van der Waals surface area contributed by atoms with Crippen LogP contribution < -0.4 is 0 Å². The molecule has 0 aromatic carbocycles. The Morgan fingerprint density at radius 2 is 1.44 bits per heavy atom. The number of aldehydes is 1. The number of ether oxygens (including phenoxy) is 4. The lowest BCUT2D eigenvalue weighted by Crippen LogP contribution is -2.67. The van der Waals surface area contributed by atoms with Gasteiger partial charge in [-0.25, -0.2) is 4.79 Å². The predicted octanol–water partition coefficient (Wildman–Crippen LogP) is 1.59. The van der Waals surface area contributed by atoms with Crippen LogP contribution in [0.5, 0.6) is 0 Å². The highest BCUT2D eigenvalue weighted by molar-refractivity contribution is 5.79. The summed E-state index contributed by atoms with van der Waals surface area (Å²) in [7, 11) is 0. The normalized spacial score (nSPS) is 53.2. The van der Waals surface area contributed by atoms with E-state index in [4.69, 9.17) is 18.9 Å². The number of carboxylic acids is 1. The molecule has 5 aliphatic carbocycles. The Morgan fingerprint density at radius 3 is 2.09 bits per heavy atom. The van der Waals surface area contributed by atoms with Crippen LogP contribution in [0.4, 0.5) is 0 Å². The number of aliphatic hydroxyl groups excluding tert-OH is 7. The average molecular weight is 809 g/mol. The van der Waals surface area contributed by atoms with Crippen LogP contribution >= 0.6 is 0 Å². The molecular formula is C42H64O15. The van der Waals surface area contributed by atoms with Crippen LogP contribution in [0.15, 0.2) is 11.6 Å². The summed E-state index contributed by atoms with van der Waals surface area (Å²) in [6.07, 6.45) is -7.39. The molecule has 6 fully saturated rings. The Labute approximate surface area is 333 Å². The van der Waals surface area contributed by atoms with Crippen molar-refractivity contribution >= 4 is 18.2 Å². The Kier molecular flexibility index (Phi) is 11.0. The van der Waals surface area contributed by atoms with E-state index >= 15 is 0 Å². The van der Waals surface area contributed by atoms with Crippen LogP contribution in [0.2, 0.25) is 0 Å². The molecule has 2 heterocycles. The molecule has 0 radical (unpaired) electrons. The van der Waals surface area contributed by atoms with Crippen LogP contribution in [0, 0.1) is 50.2 Å². The van der Waals surface area contributed by atoms with Gasteiger partial charge < -0.3 is 64.6 Å².